The van der Waals surface area contributed by atoms with Crippen LogP contribution in [0.25, 0.3) is 0 Å². The van der Waals surface area contributed by atoms with Crippen LogP contribution in [0.5, 0.6) is 0 Å². The molecule has 4 nitrogen and oxygen atoms in total. The summed E-state index contributed by atoms with van der Waals surface area (Å²) < 4.78 is 1.39. The summed E-state index contributed by atoms with van der Waals surface area (Å²) in [6.07, 6.45) is 1.48. The summed E-state index contributed by atoms with van der Waals surface area (Å²) in [6, 6.07) is 5.29. The van der Waals surface area contributed by atoms with Gasteiger partial charge in [0.2, 0.25) is 0 Å². The second-order valence-corrected chi connectivity index (χ2v) is 3.90. The molecule has 14 heavy (non-hydrogen) atoms. The van der Waals surface area contributed by atoms with Gasteiger partial charge in [0.05, 0.1) is 18.4 Å². The average molecular weight is 207 g/mol. The van der Waals surface area contributed by atoms with Gasteiger partial charge in [-0.1, -0.05) is 6.07 Å². The highest BCUT2D eigenvalue weighted by Crippen LogP contribution is 2.08. The molecule has 5 heteroatoms. The summed E-state index contributed by atoms with van der Waals surface area (Å²) in [7, 11) is 0. The van der Waals surface area contributed by atoms with Crippen LogP contribution in [0.2, 0.25) is 0 Å². The Balaban J connectivity index is 2.30. The minimum Gasteiger partial charge on any atom is -0.397 e. The molecule has 0 bridgehead atoms. The first-order chi connectivity index (χ1) is 6.75. The minimum absolute atomic E-state index is 0.168. The minimum atomic E-state index is -0.168. The normalized spacial score (nSPS) is 10.3. The molecule has 0 unspecified atom stereocenters. The Kier molecular flexibility index (Phi) is 2.32. The molecule has 2 rings (SSSR count). The molecule has 0 atom stereocenters. The molecule has 2 heterocycles. The van der Waals surface area contributed by atoms with Crippen molar-refractivity contribution in [2.45, 2.75) is 6.54 Å². The van der Waals surface area contributed by atoms with E-state index in [9.17, 15) is 4.79 Å². The number of anilines is 1. The molecule has 2 N–H and O–H groups in total. The summed E-state index contributed by atoms with van der Waals surface area (Å²) in [5.41, 5.74) is 5.66. The SMILES string of the molecule is Nc1cnn(Cc2cccs2)c(=O)c1. The van der Waals surface area contributed by atoms with Gasteiger partial charge >= 0.3 is 0 Å². The fourth-order valence-corrected chi connectivity index (χ4v) is 1.80. The number of aromatic nitrogens is 2. The maximum atomic E-state index is 11.4. The molecule has 0 radical (unpaired) electrons. The van der Waals surface area contributed by atoms with Crippen LogP contribution in [-0.2, 0) is 6.54 Å². The van der Waals surface area contributed by atoms with Crippen LogP contribution in [0.1, 0.15) is 4.88 Å². The first-order valence-corrected chi connectivity index (χ1v) is 4.99. The predicted molar refractivity (Wildman–Crippen MR) is 56.3 cm³/mol. The smallest absolute Gasteiger partial charge is 0.269 e. The van der Waals surface area contributed by atoms with Gasteiger partial charge in [0.1, 0.15) is 0 Å². The first-order valence-electron chi connectivity index (χ1n) is 4.11. The Morgan fingerprint density at radius 1 is 1.57 bits per heavy atom. The lowest BCUT2D eigenvalue weighted by Gasteiger charge is -2.01. The molecule has 0 aliphatic heterocycles. The van der Waals surface area contributed by atoms with E-state index >= 15 is 0 Å². The lowest BCUT2D eigenvalue weighted by molar-refractivity contribution is 0.646. The van der Waals surface area contributed by atoms with Crippen LogP contribution in [0, 0.1) is 0 Å². The number of rotatable bonds is 2. The summed E-state index contributed by atoms with van der Waals surface area (Å²) in [5, 5.41) is 5.91. The fraction of sp³-hybridized carbons (Fsp3) is 0.111. The van der Waals surface area contributed by atoms with E-state index in [1.165, 1.54) is 16.9 Å². The third-order valence-electron chi connectivity index (χ3n) is 1.78. The van der Waals surface area contributed by atoms with Crippen LogP contribution in [0.3, 0.4) is 0 Å². The number of thiophene rings is 1. The topological polar surface area (TPSA) is 60.9 Å². The van der Waals surface area contributed by atoms with Crippen molar-refractivity contribution in [1.82, 2.24) is 9.78 Å². The van der Waals surface area contributed by atoms with Crippen LogP contribution in [0.15, 0.2) is 34.6 Å². The van der Waals surface area contributed by atoms with E-state index < -0.39 is 0 Å². The molecule has 0 saturated heterocycles. The fourth-order valence-electron chi connectivity index (χ4n) is 1.12. The van der Waals surface area contributed by atoms with Gasteiger partial charge in [0.25, 0.3) is 5.56 Å². The van der Waals surface area contributed by atoms with Crippen molar-refractivity contribution in [2.75, 3.05) is 5.73 Å². The number of nitrogen functional groups attached to an aromatic ring is 1. The van der Waals surface area contributed by atoms with E-state index in [-0.39, 0.29) is 5.56 Å². The molecule has 0 aromatic carbocycles. The van der Waals surface area contributed by atoms with E-state index in [0.29, 0.717) is 12.2 Å². The number of hydrogen-bond acceptors (Lipinski definition) is 4. The largest absolute Gasteiger partial charge is 0.397 e. The van der Waals surface area contributed by atoms with Gasteiger partial charge in [-0.15, -0.1) is 11.3 Å². The van der Waals surface area contributed by atoms with Crippen LogP contribution >= 0.6 is 11.3 Å². The van der Waals surface area contributed by atoms with Crippen molar-refractivity contribution in [3.05, 3.63) is 45.0 Å². The zero-order valence-corrected chi connectivity index (χ0v) is 8.20. The molecule has 0 saturated carbocycles. The van der Waals surface area contributed by atoms with Gasteiger partial charge in [0, 0.05) is 10.9 Å². The van der Waals surface area contributed by atoms with Crippen molar-refractivity contribution in [1.29, 1.82) is 0 Å². The molecule has 0 fully saturated rings. The summed E-state index contributed by atoms with van der Waals surface area (Å²) in [6.45, 7) is 0.511. The van der Waals surface area contributed by atoms with Crippen molar-refractivity contribution in [3.63, 3.8) is 0 Å². The highest BCUT2D eigenvalue weighted by molar-refractivity contribution is 7.09. The van der Waals surface area contributed by atoms with Gasteiger partial charge in [-0.2, -0.15) is 5.10 Å². The van der Waals surface area contributed by atoms with Gasteiger partial charge in [0.15, 0.2) is 0 Å². The molecule has 2 aromatic rings. The van der Waals surface area contributed by atoms with E-state index in [1.807, 2.05) is 17.5 Å². The van der Waals surface area contributed by atoms with E-state index in [4.69, 9.17) is 5.73 Å². The summed E-state index contributed by atoms with van der Waals surface area (Å²) >= 11 is 1.60. The zero-order chi connectivity index (χ0) is 9.97. The van der Waals surface area contributed by atoms with E-state index in [2.05, 4.69) is 5.10 Å². The van der Waals surface area contributed by atoms with Crippen molar-refractivity contribution in [3.8, 4) is 0 Å². The molecule has 2 aromatic heterocycles. The molecular formula is C9H9N3OS. The molecule has 0 amide bonds. The monoisotopic (exact) mass is 207 g/mol. The third kappa shape index (κ3) is 1.82. The lowest BCUT2D eigenvalue weighted by atomic mass is 10.4. The number of nitrogens with two attached hydrogens (primary N) is 1. The third-order valence-corrected chi connectivity index (χ3v) is 2.64. The van der Waals surface area contributed by atoms with Gasteiger partial charge < -0.3 is 5.73 Å². The van der Waals surface area contributed by atoms with Crippen molar-refractivity contribution < 1.29 is 0 Å². The molecule has 0 aliphatic rings. The van der Waals surface area contributed by atoms with Gasteiger partial charge in [-0.25, -0.2) is 4.68 Å². The Bertz CT molecular complexity index is 475. The quantitative estimate of drug-likeness (QED) is 0.797. The Labute approximate surface area is 84.6 Å². The Morgan fingerprint density at radius 2 is 2.43 bits per heavy atom. The number of hydrogen-bond donors (Lipinski definition) is 1. The predicted octanol–water partition coefficient (Wildman–Crippen LogP) is 0.935. The Hall–Kier alpha value is -1.62. The van der Waals surface area contributed by atoms with Gasteiger partial charge in [-0.05, 0) is 11.4 Å². The second kappa shape index (κ2) is 3.63. The second-order valence-electron chi connectivity index (χ2n) is 2.86. The highest BCUT2D eigenvalue weighted by Gasteiger charge is 1.99. The highest BCUT2D eigenvalue weighted by atomic mass is 32.1. The van der Waals surface area contributed by atoms with Crippen molar-refractivity contribution in [2.24, 2.45) is 0 Å². The zero-order valence-electron chi connectivity index (χ0n) is 7.38. The molecule has 72 valence electrons. The lowest BCUT2D eigenvalue weighted by Crippen LogP contribution is -2.22. The van der Waals surface area contributed by atoms with Crippen LogP contribution in [0.4, 0.5) is 5.69 Å². The standard InChI is InChI=1S/C9H9N3OS/c10-7-4-9(13)12(11-5-7)6-8-2-1-3-14-8/h1-5H,6,10H2. The maximum absolute atomic E-state index is 11.4. The molecule has 0 aliphatic carbocycles. The summed E-state index contributed by atoms with van der Waals surface area (Å²) in [5.74, 6) is 0. The first kappa shape index (κ1) is 8.96. The van der Waals surface area contributed by atoms with Crippen LogP contribution < -0.4 is 11.3 Å². The van der Waals surface area contributed by atoms with E-state index in [0.717, 1.165) is 4.88 Å². The molecule has 0 spiro atoms. The average Bonchev–Trinajstić information content (AvgIpc) is 2.62. The summed E-state index contributed by atoms with van der Waals surface area (Å²) in [4.78, 5) is 12.5. The van der Waals surface area contributed by atoms with E-state index in [1.54, 1.807) is 11.3 Å². The van der Waals surface area contributed by atoms with Crippen LogP contribution in [-0.4, -0.2) is 9.78 Å². The number of nitrogens with zero attached hydrogens (tertiary/aromatic N) is 2. The van der Waals surface area contributed by atoms with Crippen molar-refractivity contribution >= 4 is 17.0 Å². The maximum Gasteiger partial charge on any atom is 0.269 e. The molecular weight excluding hydrogens is 198 g/mol. The Morgan fingerprint density at radius 3 is 3.07 bits per heavy atom. The van der Waals surface area contributed by atoms with Gasteiger partial charge in [-0.3, -0.25) is 4.79 Å².